The molecule has 0 bridgehead atoms. The minimum absolute atomic E-state index is 0.0771. The largest absolute Gasteiger partial charge is 0.449 e. The van der Waals surface area contributed by atoms with Crippen LogP contribution in [0.5, 0.6) is 0 Å². The highest BCUT2D eigenvalue weighted by Crippen LogP contribution is 2.29. The molecule has 0 aromatic heterocycles. The summed E-state index contributed by atoms with van der Waals surface area (Å²) in [5, 5.41) is 3.04. The smallest absolute Gasteiger partial charge is 0.407 e. The van der Waals surface area contributed by atoms with Crippen molar-refractivity contribution in [2.45, 2.75) is 45.1 Å². The molecular weight excluding hydrogens is 216 g/mol. The van der Waals surface area contributed by atoms with Crippen molar-refractivity contribution in [1.82, 2.24) is 10.2 Å². The molecule has 0 aromatic carbocycles. The summed E-state index contributed by atoms with van der Waals surface area (Å²) in [6.45, 7) is 8.13. The number of rotatable bonds is 4. The molecule has 1 amide bonds. The monoisotopic (exact) mass is 240 g/mol. The summed E-state index contributed by atoms with van der Waals surface area (Å²) in [5.74, 6) is 0.635. The van der Waals surface area contributed by atoms with E-state index in [1.807, 2.05) is 0 Å². The summed E-state index contributed by atoms with van der Waals surface area (Å²) in [7, 11) is 0. The maximum atomic E-state index is 11.7. The molecular formula is C13H24N2O2. The molecule has 0 atom stereocenters. The summed E-state index contributed by atoms with van der Waals surface area (Å²) in [6, 6.07) is 0. The molecule has 17 heavy (non-hydrogen) atoms. The number of hydrogen-bond donors (Lipinski definition) is 1. The second-order valence-electron chi connectivity index (χ2n) is 5.66. The van der Waals surface area contributed by atoms with Gasteiger partial charge in [-0.3, -0.25) is 0 Å². The Morgan fingerprint density at radius 2 is 2.06 bits per heavy atom. The average molecular weight is 240 g/mol. The normalized spacial score (nSPS) is 24.4. The first-order valence-electron chi connectivity index (χ1n) is 6.78. The molecule has 0 aromatic rings. The van der Waals surface area contributed by atoms with Gasteiger partial charge in [-0.25, -0.2) is 4.79 Å². The Balaban J connectivity index is 1.70. The zero-order valence-corrected chi connectivity index (χ0v) is 11.0. The van der Waals surface area contributed by atoms with Gasteiger partial charge in [0.25, 0.3) is 0 Å². The number of hydrogen-bond acceptors (Lipinski definition) is 3. The Morgan fingerprint density at radius 3 is 2.59 bits per heavy atom. The zero-order valence-electron chi connectivity index (χ0n) is 11.0. The highest BCUT2D eigenvalue weighted by atomic mass is 16.5. The second-order valence-corrected chi connectivity index (χ2v) is 5.66. The molecule has 2 aliphatic rings. The number of nitrogens with zero attached hydrogens (tertiary/aromatic N) is 1. The van der Waals surface area contributed by atoms with E-state index in [4.69, 9.17) is 4.74 Å². The molecule has 1 heterocycles. The Kier molecular flexibility index (Phi) is 3.92. The zero-order chi connectivity index (χ0) is 12.3. The number of likely N-dealkylation sites (tertiary alicyclic amines) is 1. The van der Waals surface area contributed by atoms with Crippen LogP contribution in [0.4, 0.5) is 4.79 Å². The minimum atomic E-state index is -0.232. The predicted molar refractivity (Wildman–Crippen MR) is 67.0 cm³/mol. The van der Waals surface area contributed by atoms with Gasteiger partial charge in [-0.15, -0.1) is 0 Å². The average Bonchev–Trinajstić information content (AvgIpc) is 3.11. The fraction of sp³-hybridized carbons (Fsp3) is 0.923. The molecule has 2 rings (SSSR count). The Labute approximate surface area is 104 Å². The van der Waals surface area contributed by atoms with E-state index in [0.29, 0.717) is 12.5 Å². The molecule has 1 aliphatic carbocycles. The number of alkyl carbamates (subject to hydrolysis) is 1. The fourth-order valence-corrected chi connectivity index (χ4v) is 2.25. The fourth-order valence-electron chi connectivity index (χ4n) is 2.25. The van der Waals surface area contributed by atoms with Crippen molar-refractivity contribution in [1.29, 1.82) is 0 Å². The number of piperidine rings is 1. The highest BCUT2D eigenvalue weighted by Gasteiger charge is 2.32. The van der Waals surface area contributed by atoms with Crippen molar-refractivity contribution in [3.8, 4) is 0 Å². The molecule has 0 spiro atoms. The van der Waals surface area contributed by atoms with Crippen LogP contribution < -0.4 is 5.32 Å². The molecule has 0 radical (unpaired) electrons. The van der Waals surface area contributed by atoms with E-state index in [1.54, 1.807) is 0 Å². The number of ether oxygens (including phenoxy) is 1. The first-order chi connectivity index (χ1) is 8.11. The molecule has 0 unspecified atom stereocenters. The van der Waals surface area contributed by atoms with Crippen molar-refractivity contribution < 1.29 is 9.53 Å². The van der Waals surface area contributed by atoms with Gasteiger partial charge in [0.2, 0.25) is 0 Å². The minimum Gasteiger partial charge on any atom is -0.449 e. The highest BCUT2D eigenvalue weighted by molar-refractivity contribution is 5.68. The van der Waals surface area contributed by atoms with Gasteiger partial charge < -0.3 is 15.0 Å². The van der Waals surface area contributed by atoms with E-state index < -0.39 is 0 Å². The van der Waals surface area contributed by atoms with Gasteiger partial charge in [0.05, 0.1) is 6.61 Å². The third kappa shape index (κ3) is 3.87. The molecule has 1 N–H and O–H groups in total. The number of carbonyl (C=O) groups excluding carboxylic acids is 1. The Bertz CT molecular complexity index is 269. The van der Waals surface area contributed by atoms with Gasteiger partial charge in [0, 0.05) is 18.6 Å². The summed E-state index contributed by atoms with van der Waals surface area (Å²) in [6.07, 6.45) is 4.23. The van der Waals surface area contributed by atoms with Crippen LogP contribution in [0.3, 0.4) is 0 Å². The summed E-state index contributed by atoms with van der Waals surface area (Å²) in [5.41, 5.74) is -0.0771. The topological polar surface area (TPSA) is 41.6 Å². The van der Waals surface area contributed by atoms with Gasteiger partial charge in [0.1, 0.15) is 0 Å². The molecule has 4 nitrogen and oxygen atoms in total. The van der Waals surface area contributed by atoms with Crippen molar-refractivity contribution >= 4 is 6.09 Å². The molecule has 1 saturated carbocycles. The molecule has 4 heteroatoms. The van der Waals surface area contributed by atoms with Crippen LogP contribution in [0.2, 0.25) is 0 Å². The maximum absolute atomic E-state index is 11.7. The van der Waals surface area contributed by atoms with Crippen molar-refractivity contribution in [3.05, 3.63) is 0 Å². The predicted octanol–water partition coefficient (Wildman–Crippen LogP) is 2.00. The third-order valence-electron chi connectivity index (χ3n) is 3.96. The van der Waals surface area contributed by atoms with Gasteiger partial charge >= 0.3 is 6.09 Å². The molecule has 98 valence electrons. The second kappa shape index (κ2) is 5.25. The van der Waals surface area contributed by atoms with E-state index in [2.05, 4.69) is 24.1 Å². The number of carbonyl (C=O) groups is 1. The molecule has 1 saturated heterocycles. The third-order valence-corrected chi connectivity index (χ3v) is 3.96. The van der Waals surface area contributed by atoms with Crippen LogP contribution in [0.25, 0.3) is 0 Å². The van der Waals surface area contributed by atoms with Crippen LogP contribution >= 0.6 is 0 Å². The summed E-state index contributed by atoms with van der Waals surface area (Å²) >= 11 is 0. The van der Waals surface area contributed by atoms with Crippen LogP contribution in [0.15, 0.2) is 0 Å². The van der Waals surface area contributed by atoms with Crippen LogP contribution in [0, 0.1) is 5.92 Å². The maximum Gasteiger partial charge on any atom is 0.407 e. The molecule has 1 aliphatic heterocycles. The van der Waals surface area contributed by atoms with Gasteiger partial charge in [-0.05, 0) is 45.1 Å². The van der Waals surface area contributed by atoms with Crippen LogP contribution in [-0.4, -0.2) is 42.8 Å². The van der Waals surface area contributed by atoms with E-state index in [-0.39, 0.29) is 11.6 Å². The van der Waals surface area contributed by atoms with Crippen molar-refractivity contribution in [2.75, 3.05) is 26.2 Å². The summed E-state index contributed by atoms with van der Waals surface area (Å²) in [4.78, 5) is 14.1. The van der Waals surface area contributed by atoms with Crippen molar-refractivity contribution in [3.63, 3.8) is 0 Å². The standard InChI is InChI=1S/C13H24N2O2/c1-3-15-8-6-13(2,7-9-15)14-12(16)17-10-11-4-5-11/h11H,3-10H2,1-2H3,(H,14,16). The van der Waals surface area contributed by atoms with Crippen LogP contribution in [0.1, 0.15) is 39.5 Å². The van der Waals surface area contributed by atoms with Gasteiger partial charge in [-0.1, -0.05) is 6.92 Å². The molecule has 2 fully saturated rings. The quantitative estimate of drug-likeness (QED) is 0.817. The van der Waals surface area contributed by atoms with E-state index in [1.165, 1.54) is 12.8 Å². The lowest BCUT2D eigenvalue weighted by Crippen LogP contribution is -2.53. The first kappa shape index (κ1) is 12.7. The Morgan fingerprint density at radius 1 is 1.41 bits per heavy atom. The van der Waals surface area contributed by atoms with Gasteiger partial charge in [-0.2, -0.15) is 0 Å². The Hall–Kier alpha value is -0.770. The summed E-state index contributed by atoms with van der Waals surface area (Å²) < 4.78 is 5.22. The number of nitrogens with one attached hydrogen (secondary N) is 1. The van der Waals surface area contributed by atoms with E-state index >= 15 is 0 Å². The van der Waals surface area contributed by atoms with Crippen LogP contribution in [-0.2, 0) is 4.74 Å². The van der Waals surface area contributed by atoms with Gasteiger partial charge in [0.15, 0.2) is 0 Å². The number of amides is 1. The lowest BCUT2D eigenvalue weighted by atomic mass is 9.90. The van der Waals surface area contributed by atoms with E-state index in [9.17, 15) is 4.79 Å². The SMILES string of the molecule is CCN1CCC(C)(NC(=O)OCC2CC2)CC1. The van der Waals surface area contributed by atoms with E-state index in [0.717, 1.165) is 32.5 Å². The first-order valence-corrected chi connectivity index (χ1v) is 6.78. The lowest BCUT2D eigenvalue weighted by molar-refractivity contribution is 0.108. The van der Waals surface area contributed by atoms with Crippen molar-refractivity contribution in [2.24, 2.45) is 5.92 Å². The lowest BCUT2D eigenvalue weighted by Gasteiger charge is -2.39.